The fourth-order valence-electron chi connectivity index (χ4n) is 2.84. The number of para-hydroxylation sites is 3. The number of hydrogen-bond donors (Lipinski definition) is 0. The average Bonchev–Trinajstić information content (AvgIpc) is 3.50. The Hall–Kier alpha value is -3.57. The zero-order valence-corrected chi connectivity index (χ0v) is 16.8. The molecule has 0 radical (unpaired) electrons. The summed E-state index contributed by atoms with van der Waals surface area (Å²) >= 11 is 3.16. The number of rotatable bonds is 6. The van der Waals surface area contributed by atoms with Crippen LogP contribution in [-0.4, -0.2) is 29.8 Å². The van der Waals surface area contributed by atoms with Gasteiger partial charge >= 0.3 is 0 Å². The van der Waals surface area contributed by atoms with Gasteiger partial charge in [-0.05, 0) is 24.3 Å². The molecule has 148 valence electrons. The van der Waals surface area contributed by atoms with Crippen LogP contribution in [0.25, 0.3) is 27.5 Å². The molecule has 0 fully saturated rings. The van der Waals surface area contributed by atoms with Crippen LogP contribution in [0.4, 0.5) is 5.69 Å². The number of nitro groups is 1. The van der Waals surface area contributed by atoms with E-state index in [2.05, 4.69) is 20.2 Å². The van der Waals surface area contributed by atoms with Crippen molar-refractivity contribution in [1.29, 1.82) is 0 Å². The lowest BCUT2D eigenvalue weighted by Crippen LogP contribution is -2.00. The predicted molar refractivity (Wildman–Crippen MR) is 113 cm³/mol. The van der Waals surface area contributed by atoms with Gasteiger partial charge in [-0.15, -0.1) is 11.3 Å². The Morgan fingerprint density at radius 2 is 1.93 bits per heavy atom. The predicted octanol–water partition coefficient (Wildman–Crippen LogP) is 4.73. The molecule has 0 aliphatic carbocycles. The summed E-state index contributed by atoms with van der Waals surface area (Å²) in [6, 6.07) is 16.0. The number of thiazole rings is 1. The van der Waals surface area contributed by atoms with Crippen molar-refractivity contribution in [1.82, 2.24) is 24.9 Å². The van der Waals surface area contributed by atoms with Gasteiger partial charge in [0.25, 0.3) is 11.6 Å². The average molecular weight is 436 g/mol. The van der Waals surface area contributed by atoms with Crippen LogP contribution in [0.15, 0.2) is 69.7 Å². The molecule has 0 bridgehead atoms. The summed E-state index contributed by atoms with van der Waals surface area (Å²) < 4.78 is 8.81. The van der Waals surface area contributed by atoms with Gasteiger partial charge in [0.05, 0.1) is 20.9 Å². The number of fused-ring (bicyclic) bond motifs is 1. The normalized spacial score (nSPS) is 11.2. The fraction of sp³-hybridized carbons (Fsp3) is 0.0526. The second-order valence-corrected chi connectivity index (χ2v) is 8.40. The largest absolute Gasteiger partial charge is 0.332 e. The molecular formula is C19H12N6O3S2. The quantitative estimate of drug-likeness (QED) is 0.213. The molecule has 2 aromatic carbocycles. The maximum Gasteiger partial charge on any atom is 0.294 e. The van der Waals surface area contributed by atoms with Crippen molar-refractivity contribution in [3.63, 3.8) is 0 Å². The van der Waals surface area contributed by atoms with E-state index in [4.69, 9.17) is 4.52 Å². The Kier molecular flexibility index (Phi) is 4.73. The summed E-state index contributed by atoms with van der Waals surface area (Å²) in [6.45, 7) is 0. The fourth-order valence-corrected chi connectivity index (χ4v) is 4.75. The Labute approximate surface area is 177 Å². The summed E-state index contributed by atoms with van der Waals surface area (Å²) in [7, 11) is 0. The highest BCUT2D eigenvalue weighted by atomic mass is 32.2. The molecule has 0 saturated heterocycles. The molecule has 0 amide bonds. The second-order valence-electron chi connectivity index (χ2n) is 6.14. The monoisotopic (exact) mass is 436 g/mol. The summed E-state index contributed by atoms with van der Waals surface area (Å²) in [4.78, 5) is 19.8. The van der Waals surface area contributed by atoms with E-state index in [9.17, 15) is 10.1 Å². The van der Waals surface area contributed by atoms with Gasteiger partial charge in [0, 0.05) is 12.3 Å². The number of benzene rings is 2. The lowest BCUT2D eigenvalue weighted by atomic mass is 10.3. The third-order valence-corrected chi connectivity index (χ3v) is 6.38. The van der Waals surface area contributed by atoms with E-state index in [1.54, 1.807) is 41.8 Å². The minimum Gasteiger partial charge on any atom is -0.332 e. The van der Waals surface area contributed by atoms with E-state index in [1.807, 2.05) is 24.3 Å². The van der Waals surface area contributed by atoms with Crippen LogP contribution < -0.4 is 0 Å². The van der Waals surface area contributed by atoms with Crippen molar-refractivity contribution in [3.8, 4) is 17.3 Å². The van der Waals surface area contributed by atoms with Crippen molar-refractivity contribution in [3.05, 3.63) is 76.7 Å². The van der Waals surface area contributed by atoms with Crippen molar-refractivity contribution >= 4 is 39.0 Å². The molecule has 0 aliphatic heterocycles. The number of nitro benzene ring substituents is 1. The lowest BCUT2D eigenvalue weighted by Gasteiger charge is -2.01. The molecule has 9 nitrogen and oxygen atoms in total. The number of thioether (sulfide) groups is 1. The summed E-state index contributed by atoms with van der Waals surface area (Å²) in [6.07, 6.45) is 1.62. The highest BCUT2D eigenvalue weighted by Crippen LogP contribution is 2.31. The van der Waals surface area contributed by atoms with Crippen LogP contribution in [0.1, 0.15) is 5.82 Å². The molecule has 0 atom stereocenters. The summed E-state index contributed by atoms with van der Waals surface area (Å²) in [5.41, 5.74) is 1.74. The highest BCUT2D eigenvalue weighted by Gasteiger charge is 2.18. The minimum absolute atomic E-state index is 0.0365. The first kappa shape index (κ1) is 18.5. The summed E-state index contributed by atoms with van der Waals surface area (Å²) in [5, 5.41) is 19.6. The van der Waals surface area contributed by atoms with Gasteiger partial charge in [-0.2, -0.15) is 10.1 Å². The smallest absolute Gasteiger partial charge is 0.294 e. The van der Waals surface area contributed by atoms with Crippen LogP contribution in [0, 0.1) is 10.1 Å². The first-order valence-corrected chi connectivity index (χ1v) is 10.6. The van der Waals surface area contributed by atoms with Gasteiger partial charge in [0.2, 0.25) is 0 Å². The maximum absolute atomic E-state index is 11.2. The third kappa shape index (κ3) is 3.55. The van der Waals surface area contributed by atoms with Crippen LogP contribution in [-0.2, 0) is 5.75 Å². The SMILES string of the molecule is O=[N+]([O-])c1ccccc1-n1ccc(-c2nc(CSc3nc4ccccc4s3)no2)n1. The van der Waals surface area contributed by atoms with Crippen LogP contribution in [0.2, 0.25) is 0 Å². The molecule has 0 N–H and O–H groups in total. The second kappa shape index (κ2) is 7.69. The Bertz CT molecular complexity index is 1330. The van der Waals surface area contributed by atoms with Crippen molar-refractivity contribution < 1.29 is 9.45 Å². The van der Waals surface area contributed by atoms with Gasteiger partial charge in [-0.25, -0.2) is 9.67 Å². The van der Waals surface area contributed by atoms with Crippen molar-refractivity contribution in [2.75, 3.05) is 0 Å². The molecule has 3 aromatic heterocycles. The molecule has 30 heavy (non-hydrogen) atoms. The van der Waals surface area contributed by atoms with E-state index in [1.165, 1.54) is 22.5 Å². The highest BCUT2D eigenvalue weighted by molar-refractivity contribution is 8.00. The van der Waals surface area contributed by atoms with Gasteiger partial charge in [-0.1, -0.05) is 41.2 Å². The van der Waals surface area contributed by atoms with Crippen molar-refractivity contribution in [2.24, 2.45) is 0 Å². The van der Waals surface area contributed by atoms with E-state index >= 15 is 0 Å². The zero-order chi connectivity index (χ0) is 20.5. The summed E-state index contributed by atoms with van der Waals surface area (Å²) in [5.74, 6) is 1.29. The number of nitrogens with zero attached hydrogens (tertiary/aromatic N) is 6. The van der Waals surface area contributed by atoms with E-state index in [0.29, 0.717) is 23.0 Å². The number of aromatic nitrogens is 5. The molecule has 0 spiro atoms. The van der Waals surface area contributed by atoms with Gasteiger partial charge in [0.15, 0.2) is 15.9 Å². The molecule has 5 aromatic rings. The van der Waals surface area contributed by atoms with Gasteiger partial charge in [-0.3, -0.25) is 10.1 Å². The molecular weight excluding hydrogens is 424 g/mol. The Morgan fingerprint density at radius 1 is 1.10 bits per heavy atom. The minimum atomic E-state index is -0.444. The van der Waals surface area contributed by atoms with Crippen LogP contribution >= 0.6 is 23.1 Å². The molecule has 0 saturated carbocycles. The van der Waals surface area contributed by atoms with Gasteiger partial charge in [0.1, 0.15) is 5.69 Å². The van der Waals surface area contributed by atoms with Gasteiger partial charge < -0.3 is 4.52 Å². The Balaban J connectivity index is 1.33. The zero-order valence-electron chi connectivity index (χ0n) is 15.2. The number of hydrogen-bond acceptors (Lipinski definition) is 9. The van der Waals surface area contributed by atoms with Crippen LogP contribution in [0.5, 0.6) is 0 Å². The molecule has 11 heteroatoms. The van der Waals surface area contributed by atoms with E-state index in [-0.39, 0.29) is 11.6 Å². The third-order valence-electron chi connectivity index (χ3n) is 4.20. The lowest BCUT2D eigenvalue weighted by molar-refractivity contribution is -0.384. The van der Waals surface area contributed by atoms with E-state index in [0.717, 1.165) is 14.6 Å². The first-order chi connectivity index (χ1) is 14.7. The Morgan fingerprint density at radius 3 is 2.80 bits per heavy atom. The van der Waals surface area contributed by atoms with E-state index < -0.39 is 4.92 Å². The van der Waals surface area contributed by atoms with Crippen LogP contribution in [0.3, 0.4) is 0 Å². The standard InChI is InChI=1S/C19H12N6O3S2/c26-25(27)15-7-3-2-6-14(15)24-10-9-13(22-24)18-21-17(23-28-18)11-29-19-20-12-5-1-4-8-16(12)30-19/h1-10H,11H2. The molecule has 3 heterocycles. The maximum atomic E-state index is 11.2. The first-order valence-electron chi connectivity index (χ1n) is 8.78. The topological polar surface area (TPSA) is 113 Å². The molecule has 5 rings (SSSR count). The molecule has 0 aliphatic rings. The molecule has 0 unspecified atom stereocenters. The van der Waals surface area contributed by atoms with Crippen molar-refractivity contribution in [2.45, 2.75) is 10.1 Å².